The van der Waals surface area contributed by atoms with Gasteiger partial charge < -0.3 is 14.4 Å². The number of hydrogen-bond donors (Lipinski definition) is 1. The Labute approximate surface area is 199 Å². The Morgan fingerprint density at radius 2 is 2.03 bits per heavy atom. The fourth-order valence-electron chi connectivity index (χ4n) is 5.65. The van der Waals surface area contributed by atoms with E-state index in [9.17, 15) is 4.79 Å². The van der Waals surface area contributed by atoms with Crippen LogP contribution in [0.15, 0.2) is 29.1 Å². The number of rotatable bonds is 7. The standard InChI is InChI=1S/C26H33N5O3/c1-4-33-15-17-14-31(16-26(17)8-5-9-26)22-13-21(29-30(3)24(22)32)23-19-12-18(34-25(2)10-11-25)6-7-20(19)27-28-23/h6-7,12-13,17H,4-5,8-11,14-16H2,1-3H3,(H,27,28). The normalized spacial score (nSPS) is 22.3. The highest BCUT2D eigenvalue weighted by molar-refractivity contribution is 5.93. The number of aromatic amines is 1. The minimum absolute atomic E-state index is 0.0507. The summed E-state index contributed by atoms with van der Waals surface area (Å²) in [6.07, 6.45) is 5.85. The van der Waals surface area contributed by atoms with E-state index in [0.717, 1.165) is 61.5 Å². The van der Waals surface area contributed by atoms with Crippen LogP contribution in [-0.2, 0) is 11.8 Å². The Morgan fingerprint density at radius 3 is 2.74 bits per heavy atom. The van der Waals surface area contributed by atoms with E-state index in [1.165, 1.54) is 23.9 Å². The number of nitrogens with one attached hydrogen (secondary N) is 1. The predicted octanol–water partition coefficient (Wildman–Crippen LogP) is 3.90. The maximum Gasteiger partial charge on any atom is 0.290 e. The number of fused-ring (bicyclic) bond motifs is 1. The van der Waals surface area contributed by atoms with Gasteiger partial charge in [-0.05, 0) is 69.2 Å². The highest BCUT2D eigenvalue weighted by Crippen LogP contribution is 2.52. The molecule has 8 heteroatoms. The van der Waals surface area contributed by atoms with E-state index in [4.69, 9.17) is 9.47 Å². The average Bonchev–Trinajstić information content (AvgIpc) is 3.21. The summed E-state index contributed by atoms with van der Waals surface area (Å²) in [6.45, 7) is 7.42. The second-order valence-electron chi connectivity index (χ2n) is 10.6. The molecule has 180 valence electrons. The molecule has 1 aromatic carbocycles. The number of hydrogen-bond acceptors (Lipinski definition) is 6. The van der Waals surface area contributed by atoms with E-state index >= 15 is 0 Å². The summed E-state index contributed by atoms with van der Waals surface area (Å²) in [5.41, 5.74) is 3.20. The van der Waals surface area contributed by atoms with E-state index in [1.54, 1.807) is 7.05 Å². The van der Waals surface area contributed by atoms with Crippen LogP contribution < -0.4 is 15.2 Å². The molecule has 3 aromatic rings. The number of H-pyrrole nitrogens is 1. The number of anilines is 1. The fraction of sp³-hybridized carbons (Fsp3) is 0.577. The van der Waals surface area contributed by atoms with Gasteiger partial charge in [-0.2, -0.15) is 10.2 Å². The first-order chi connectivity index (χ1) is 16.4. The van der Waals surface area contributed by atoms with Crippen LogP contribution in [0.3, 0.4) is 0 Å². The lowest BCUT2D eigenvalue weighted by molar-refractivity contribution is 0.0231. The van der Waals surface area contributed by atoms with Gasteiger partial charge in [0.05, 0.1) is 12.1 Å². The Bertz CT molecular complexity index is 1290. The molecule has 0 radical (unpaired) electrons. The van der Waals surface area contributed by atoms with Crippen molar-refractivity contribution in [1.82, 2.24) is 20.0 Å². The summed E-state index contributed by atoms with van der Waals surface area (Å²) in [5, 5.41) is 13.2. The van der Waals surface area contributed by atoms with Gasteiger partial charge in [-0.25, -0.2) is 4.68 Å². The van der Waals surface area contributed by atoms with Crippen LogP contribution in [0.1, 0.15) is 46.0 Å². The monoisotopic (exact) mass is 463 g/mol. The summed E-state index contributed by atoms with van der Waals surface area (Å²) >= 11 is 0. The van der Waals surface area contributed by atoms with Crippen molar-refractivity contribution in [3.05, 3.63) is 34.6 Å². The topological polar surface area (TPSA) is 85.3 Å². The van der Waals surface area contributed by atoms with Crippen molar-refractivity contribution in [3.63, 3.8) is 0 Å². The first kappa shape index (κ1) is 21.6. The predicted molar refractivity (Wildman–Crippen MR) is 131 cm³/mol. The minimum atomic E-state index is -0.0687. The van der Waals surface area contributed by atoms with Gasteiger partial charge in [-0.15, -0.1) is 0 Å². The van der Waals surface area contributed by atoms with E-state index in [1.807, 2.05) is 31.2 Å². The molecule has 1 saturated heterocycles. The summed E-state index contributed by atoms with van der Waals surface area (Å²) in [6, 6.07) is 7.92. The lowest BCUT2D eigenvalue weighted by atomic mass is 9.63. The van der Waals surface area contributed by atoms with Crippen molar-refractivity contribution in [2.75, 3.05) is 31.2 Å². The molecule has 34 heavy (non-hydrogen) atoms. The van der Waals surface area contributed by atoms with Crippen molar-refractivity contribution < 1.29 is 9.47 Å². The largest absolute Gasteiger partial charge is 0.488 e. The van der Waals surface area contributed by atoms with Gasteiger partial charge in [-0.1, -0.05) is 6.42 Å². The van der Waals surface area contributed by atoms with Crippen LogP contribution in [0.25, 0.3) is 22.3 Å². The number of ether oxygens (including phenoxy) is 2. The second-order valence-corrected chi connectivity index (χ2v) is 10.6. The van der Waals surface area contributed by atoms with E-state index < -0.39 is 0 Å². The quantitative estimate of drug-likeness (QED) is 0.572. The lowest BCUT2D eigenvalue weighted by Crippen LogP contribution is -2.39. The Morgan fingerprint density at radius 1 is 1.21 bits per heavy atom. The average molecular weight is 464 g/mol. The first-order valence-electron chi connectivity index (χ1n) is 12.5. The van der Waals surface area contributed by atoms with Crippen LogP contribution in [0.4, 0.5) is 5.69 Å². The molecule has 1 atom stereocenters. The maximum atomic E-state index is 13.2. The van der Waals surface area contributed by atoms with Gasteiger partial charge in [0.15, 0.2) is 0 Å². The third-order valence-electron chi connectivity index (χ3n) is 8.17. The zero-order valence-electron chi connectivity index (χ0n) is 20.3. The second kappa shape index (κ2) is 7.83. The summed E-state index contributed by atoms with van der Waals surface area (Å²) in [4.78, 5) is 15.4. The highest BCUT2D eigenvalue weighted by atomic mass is 16.5. The molecule has 2 aromatic heterocycles. The zero-order chi connectivity index (χ0) is 23.5. The van der Waals surface area contributed by atoms with Crippen LogP contribution in [0.2, 0.25) is 0 Å². The molecule has 1 spiro atoms. The van der Waals surface area contributed by atoms with E-state index in [0.29, 0.717) is 17.3 Å². The summed E-state index contributed by atoms with van der Waals surface area (Å²) in [7, 11) is 1.72. The number of aromatic nitrogens is 4. The Balaban J connectivity index is 1.36. The Kier molecular flexibility index (Phi) is 4.99. The van der Waals surface area contributed by atoms with Gasteiger partial charge >= 0.3 is 0 Å². The molecule has 0 bridgehead atoms. The zero-order valence-corrected chi connectivity index (χ0v) is 20.3. The molecular weight excluding hydrogens is 430 g/mol. The molecule has 2 saturated carbocycles. The summed E-state index contributed by atoms with van der Waals surface area (Å²) < 4.78 is 13.4. The molecule has 1 N–H and O–H groups in total. The van der Waals surface area contributed by atoms with E-state index in [-0.39, 0.29) is 16.6 Å². The van der Waals surface area contributed by atoms with Gasteiger partial charge in [0.2, 0.25) is 0 Å². The van der Waals surface area contributed by atoms with Gasteiger partial charge in [0.1, 0.15) is 28.4 Å². The number of benzene rings is 1. The molecule has 0 amide bonds. The SMILES string of the molecule is CCOCC1CN(c2cc(-c3n[nH]c4ccc(OC5(C)CC5)cc34)nn(C)c2=O)CC12CCC2. The van der Waals surface area contributed by atoms with Gasteiger partial charge in [0, 0.05) is 38.0 Å². The fourth-order valence-corrected chi connectivity index (χ4v) is 5.65. The highest BCUT2D eigenvalue weighted by Gasteiger charge is 2.50. The molecule has 3 heterocycles. The molecule has 1 unspecified atom stereocenters. The minimum Gasteiger partial charge on any atom is -0.488 e. The number of nitrogens with zero attached hydrogens (tertiary/aromatic N) is 4. The van der Waals surface area contributed by atoms with Gasteiger partial charge in [-0.3, -0.25) is 9.89 Å². The van der Waals surface area contributed by atoms with Crippen molar-refractivity contribution in [3.8, 4) is 17.1 Å². The van der Waals surface area contributed by atoms with Crippen molar-refractivity contribution in [2.45, 2.75) is 51.6 Å². The maximum absolute atomic E-state index is 13.2. The molecule has 2 aliphatic carbocycles. The van der Waals surface area contributed by atoms with E-state index in [2.05, 4.69) is 27.1 Å². The van der Waals surface area contributed by atoms with Crippen molar-refractivity contribution in [1.29, 1.82) is 0 Å². The van der Waals surface area contributed by atoms with Gasteiger partial charge in [0.25, 0.3) is 5.56 Å². The molecule has 6 rings (SSSR count). The Hall–Kier alpha value is -2.87. The first-order valence-corrected chi connectivity index (χ1v) is 12.5. The number of aryl methyl sites for hydroxylation is 1. The third-order valence-corrected chi connectivity index (χ3v) is 8.17. The van der Waals surface area contributed by atoms with Crippen LogP contribution >= 0.6 is 0 Å². The van der Waals surface area contributed by atoms with Crippen LogP contribution in [-0.4, -0.2) is 51.9 Å². The molecule has 1 aliphatic heterocycles. The van der Waals surface area contributed by atoms with Crippen molar-refractivity contribution in [2.24, 2.45) is 18.4 Å². The molecular formula is C26H33N5O3. The van der Waals surface area contributed by atoms with Crippen LogP contribution in [0, 0.1) is 11.3 Å². The molecule has 8 nitrogen and oxygen atoms in total. The van der Waals surface area contributed by atoms with Crippen LogP contribution in [0.5, 0.6) is 5.75 Å². The molecule has 3 aliphatic rings. The summed E-state index contributed by atoms with van der Waals surface area (Å²) in [5.74, 6) is 1.29. The smallest absolute Gasteiger partial charge is 0.290 e. The molecule has 3 fully saturated rings. The lowest BCUT2D eigenvalue weighted by Gasteiger charge is -2.42. The third kappa shape index (κ3) is 3.59. The van der Waals surface area contributed by atoms with Crippen molar-refractivity contribution >= 4 is 16.6 Å².